The van der Waals surface area contributed by atoms with Crippen molar-refractivity contribution in [3.05, 3.63) is 5.89 Å². The summed E-state index contributed by atoms with van der Waals surface area (Å²) in [5, 5.41) is 10.2. The molecule has 15 heavy (non-hydrogen) atoms. The van der Waals surface area contributed by atoms with Gasteiger partial charge in [0.05, 0.1) is 12.0 Å². The summed E-state index contributed by atoms with van der Waals surface area (Å²) in [6.07, 6.45) is 0. The Balaban J connectivity index is 2.53. The highest BCUT2D eigenvalue weighted by atomic mass is 16.4. The maximum atomic E-state index is 11.0. The zero-order chi connectivity index (χ0) is 11.5. The number of hydrogen-bond donors (Lipinski definition) is 3. The molecule has 0 atom stereocenters. The molecule has 7 nitrogen and oxygen atoms in total. The second-order valence-electron chi connectivity index (χ2n) is 3.81. The van der Waals surface area contributed by atoms with Crippen LogP contribution in [0.4, 0.5) is 6.01 Å². The van der Waals surface area contributed by atoms with E-state index < -0.39 is 11.3 Å². The minimum absolute atomic E-state index is 0.188. The molecule has 0 radical (unpaired) electrons. The molecule has 1 aromatic rings. The maximum absolute atomic E-state index is 11.0. The summed E-state index contributed by atoms with van der Waals surface area (Å²) < 4.78 is 5.10. The summed E-state index contributed by atoms with van der Waals surface area (Å²) in [5.41, 5.74) is 9.83. The van der Waals surface area contributed by atoms with Gasteiger partial charge in [-0.05, 0) is 13.8 Å². The van der Waals surface area contributed by atoms with Crippen LogP contribution in [0.1, 0.15) is 19.7 Å². The Morgan fingerprint density at radius 1 is 1.53 bits per heavy atom. The first-order valence-electron chi connectivity index (χ1n) is 4.52. The van der Waals surface area contributed by atoms with Crippen molar-refractivity contribution < 1.29 is 9.21 Å². The number of primary amides is 1. The van der Waals surface area contributed by atoms with Crippen molar-refractivity contribution in [3.8, 4) is 0 Å². The smallest absolute Gasteiger partial charge is 0.315 e. The molecule has 0 unspecified atom stereocenters. The van der Waals surface area contributed by atoms with Crippen LogP contribution in [0.3, 0.4) is 0 Å². The first kappa shape index (κ1) is 11.4. The summed E-state index contributed by atoms with van der Waals surface area (Å²) in [7, 11) is 0. The van der Waals surface area contributed by atoms with Crippen molar-refractivity contribution in [3.63, 3.8) is 0 Å². The minimum atomic E-state index is -0.669. The topological polar surface area (TPSA) is 120 Å². The maximum Gasteiger partial charge on any atom is 0.315 e. The molecule has 0 bridgehead atoms. The standard InChI is InChI=1S/C8H15N5O2/c1-8(2,6(10)14)4-11-7-13-12-5(3-9)15-7/h3-4,9H2,1-2H3,(H2,10,14)(H,11,13). The summed E-state index contributed by atoms with van der Waals surface area (Å²) in [5.74, 6) is -0.0528. The van der Waals surface area contributed by atoms with Gasteiger partial charge in [-0.25, -0.2) is 0 Å². The van der Waals surface area contributed by atoms with Gasteiger partial charge in [0.25, 0.3) is 0 Å². The van der Waals surface area contributed by atoms with Crippen LogP contribution in [0.2, 0.25) is 0 Å². The highest BCUT2D eigenvalue weighted by Crippen LogP contribution is 2.15. The van der Waals surface area contributed by atoms with Crippen LogP contribution in [-0.2, 0) is 11.3 Å². The number of rotatable bonds is 5. The van der Waals surface area contributed by atoms with Crippen molar-refractivity contribution in [2.24, 2.45) is 16.9 Å². The molecule has 0 saturated heterocycles. The molecule has 7 heteroatoms. The Hall–Kier alpha value is -1.63. The van der Waals surface area contributed by atoms with Gasteiger partial charge in [0.1, 0.15) is 0 Å². The fraction of sp³-hybridized carbons (Fsp3) is 0.625. The second-order valence-corrected chi connectivity index (χ2v) is 3.81. The molecule has 84 valence electrons. The normalized spacial score (nSPS) is 11.4. The van der Waals surface area contributed by atoms with Crippen LogP contribution in [0.5, 0.6) is 0 Å². The molecule has 1 amide bonds. The number of amides is 1. The van der Waals surface area contributed by atoms with Gasteiger partial charge in [-0.3, -0.25) is 4.79 Å². The highest BCUT2D eigenvalue weighted by Gasteiger charge is 2.25. The van der Waals surface area contributed by atoms with Crippen LogP contribution < -0.4 is 16.8 Å². The van der Waals surface area contributed by atoms with Gasteiger partial charge in [-0.1, -0.05) is 5.10 Å². The molecule has 0 saturated carbocycles. The lowest BCUT2D eigenvalue weighted by molar-refractivity contribution is -0.125. The molecule has 1 rings (SSSR count). The molecule has 0 fully saturated rings. The zero-order valence-corrected chi connectivity index (χ0v) is 8.78. The first-order chi connectivity index (χ1) is 6.95. The van der Waals surface area contributed by atoms with Gasteiger partial charge >= 0.3 is 6.01 Å². The lowest BCUT2D eigenvalue weighted by Gasteiger charge is -2.19. The van der Waals surface area contributed by atoms with E-state index in [0.717, 1.165) is 0 Å². The number of nitrogens with zero attached hydrogens (tertiary/aromatic N) is 2. The number of nitrogens with one attached hydrogen (secondary N) is 1. The minimum Gasteiger partial charge on any atom is -0.407 e. The molecule has 0 aromatic carbocycles. The monoisotopic (exact) mass is 213 g/mol. The summed E-state index contributed by atoms with van der Waals surface area (Å²) in [6, 6.07) is 0.241. The third-order valence-electron chi connectivity index (χ3n) is 1.99. The Labute approximate surface area is 87.2 Å². The van der Waals surface area contributed by atoms with Crippen molar-refractivity contribution in [2.45, 2.75) is 20.4 Å². The number of anilines is 1. The molecule has 0 aliphatic rings. The van der Waals surface area contributed by atoms with Crippen molar-refractivity contribution in [1.82, 2.24) is 10.2 Å². The van der Waals surface area contributed by atoms with E-state index in [1.54, 1.807) is 13.8 Å². The number of hydrogen-bond acceptors (Lipinski definition) is 6. The Bertz CT molecular complexity index is 347. The Morgan fingerprint density at radius 2 is 2.20 bits per heavy atom. The molecule has 1 heterocycles. The van der Waals surface area contributed by atoms with Gasteiger partial charge in [0, 0.05) is 6.54 Å². The highest BCUT2D eigenvalue weighted by molar-refractivity contribution is 5.80. The summed E-state index contributed by atoms with van der Waals surface area (Å²) in [4.78, 5) is 11.0. The van der Waals surface area contributed by atoms with Crippen LogP contribution in [0, 0.1) is 5.41 Å². The SMILES string of the molecule is CC(C)(CNc1nnc(CN)o1)C(N)=O. The second kappa shape index (κ2) is 4.26. The predicted octanol–water partition coefficient (Wildman–Crippen LogP) is -0.548. The van der Waals surface area contributed by atoms with Crippen molar-refractivity contribution in [1.29, 1.82) is 0 Å². The number of carbonyl (C=O) groups excluding carboxylic acids is 1. The molecule has 0 aliphatic carbocycles. The number of carbonyl (C=O) groups is 1. The fourth-order valence-electron chi connectivity index (χ4n) is 0.791. The van der Waals surface area contributed by atoms with Gasteiger partial charge in [0.2, 0.25) is 11.8 Å². The quantitative estimate of drug-likeness (QED) is 0.603. The van der Waals surface area contributed by atoms with Gasteiger partial charge in [-0.15, -0.1) is 5.10 Å². The van der Waals surface area contributed by atoms with E-state index in [0.29, 0.717) is 12.4 Å². The van der Waals surface area contributed by atoms with Crippen molar-refractivity contribution in [2.75, 3.05) is 11.9 Å². The van der Waals surface area contributed by atoms with Crippen LogP contribution in [0.25, 0.3) is 0 Å². The third kappa shape index (κ3) is 2.91. The van der Waals surface area contributed by atoms with Crippen LogP contribution >= 0.6 is 0 Å². The van der Waals surface area contributed by atoms with Crippen LogP contribution in [-0.4, -0.2) is 22.6 Å². The fourth-order valence-corrected chi connectivity index (χ4v) is 0.791. The average Bonchev–Trinajstić information content (AvgIpc) is 2.62. The van der Waals surface area contributed by atoms with E-state index in [1.165, 1.54) is 0 Å². The van der Waals surface area contributed by atoms with Crippen molar-refractivity contribution >= 4 is 11.9 Å². The average molecular weight is 213 g/mol. The summed E-state index contributed by atoms with van der Waals surface area (Å²) >= 11 is 0. The molecular formula is C8H15N5O2. The molecule has 0 spiro atoms. The predicted molar refractivity (Wildman–Crippen MR) is 53.7 cm³/mol. The largest absolute Gasteiger partial charge is 0.407 e. The van der Waals surface area contributed by atoms with Gasteiger partial charge in [-0.2, -0.15) is 0 Å². The van der Waals surface area contributed by atoms with E-state index >= 15 is 0 Å². The molecule has 5 N–H and O–H groups in total. The third-order valence-corrected chi connectivity index (χ3v) is 1.99. The van der Waals surface area contributed by atoms with E-state index in [2.05, 4.69) is 15.5 Å². The van der Waals surface area contributed by atoms with E-state index in [4.69, 9.17) is 15.9 Å². The van der Waals surface area contributed by atoms with Gasteiger partial charge in [0.15, 0.2) is 0 Å². The first-order valence-corrected chi connectivity index (χ1v) is 4.52. The van der Waals surface area contributed by atoms with E-state index in [9.17, 15) is 4.79 Å². The Kier molecular flexibility index (Phi) is 3.25. The number of aromatic nitrogens is 2. The molecule has 0 aliphatic heterocycles. The molecule has 1 aromatic heterocycles. The zero-order valence-electron chi connectivity index (χ0n) is 8.78. The number of nitrogens with two attached hydrogens (primary N) is 2. The molecular weight excluding hydrogens is 198 g/mol. The van der Waals surface area contributed by atoms with E-state index in [1.807, 2.05) is 0 Å². The summed E-state index contributed by atoms with van der Waals surface area (Å²) in [6.45, 7) is 3.97. The van der Waals surface area contributed by atoms with Gasteiger partial charge < -0.3 is 21.2 Å². The van der Waals surface area contributed by atoms with Crippen LogP contribution in [0.15, 0.2) is 4.42 Å². The van der Waals surface area contributed by atoms with E-state index in [-0.39, 0.29) is 12.6 Å². The Morgan fingerprint density at radius 3 is 2.67 bits per heavy atom. The lowest BCUT2D eigenvalue weighted by atomic mass is 9.93. The lowest BCUT2D eigenvalue weighted by Crippen LogP contribution is -2.37.